The third kappa shape index (κ3) is 3.25. The van der Waals surface area contributed by atoms with Crippen molar-refractivity contribution in [1.29, 1.82) is 0 Å². The Balaban J connectivity index is 2.41. The summed E-state index contributed by atoms with van der Waals surface area (Å²) in [6.45, 7) is 8.36. The molecular formula is C9H16BrNO. The lowest BCUT2D eigenvalue weighted by Crippen LogP contribution is -2.46. The maximum absolute atomic E-state index is 9.77. The molecule has 70 valence electrons. The molecule has 12 heavy (non-hydrogen) atoms. The minimum atomic E-state index is -0.499. The van der Waals surface area contributed by atoms with Crippen molar-refractivity contribution < 1.29 is 5.11 Å². The first kappa shape index (κ1) is 10.2. The van der Waals surface area contributed by atoms with E-state index in [4.69, 9.17) is 0 Å². The van der Waals surface area contributed by atoms with Gasteiger partial charge < -0.3 is 5.11 Å². The summed E-state index contributed by atoms with van der Waals surface area (Å²) < 4.78 is 0.986. The number of rotatable bonds is 2. The van der Waals surface area contributed by atoms with Crippen LogP contribution in [0, 0.1) is 0 Å². The third-order valence-electron chi connectivity index (χ3n) is 2.15. The first-order valence-electron chi connectivity index (χ1n) is 4.28. The molecule has 1 fully saturated rings. The molecule has 0 aliphatic carbocycles. The van der Waals surface area contributed by atoms with Crippen LogP contribution in [-0.4, -0.2) is 35.2 Å². The van der Waals surface area contributed by atoms with E-state index in [1.54, 1.807) is 0 Å². The molecule has 1 atom stereocenters. The van der Waals surface area contributed by atoms with E-state index in [2.05, 4.69) is 27.4 Å². The first-order valence-corrected chi connectivity index (χ1v) is 5.07. The molecular weight excluding hydrogens is 218 g/mol. The highest BCUT2D eigenvalue weighted by Gasteiger charge is 2.27. The normalized spacial score (nSPS) is 31.9. The predicted molar refractivity (Wildman–Crippen MR) is 54.4 cm³/mol. The van der Waals surface area contributed by atoms with Gasteiger partial charge in [-0.2, -0.15) is 0 Å². The average molecular weight is 234 g/mol. The second kappa shape index (κ2) is 3.90. The van der Waals surface area contributed by atoms with Crippen molar-refractivity contribution in [2.24, 2.45) is 0 Å². The van der Waals surface area contributed by atoms with Crippen LogP contribution in [0.25, 0.3) is 0 Å². The molecule has 0 radical (unpaired) electrons. The van der Waals surface area contributed by atoms with E-state index < -0.39 is 5.60 Å². The molecule has 1 heterocycles. The Morgan fingerprint density at radius 2 is 2.42 bits per heavy atom. The Kier molecular flexibility index (Phi) is 3.32. The van der Waals surface area contributed by atoms with Crippen LogP contribution in [0.1, 0.15) is 19.8 Å². The molecule has 1 rings (SSSR count). The number of aliphatic hydroxyl groups is 1. The van der Waals surface area contributed by atoms with Crippen molar-refractivity contribution in [2.45, 2.75) is 25.4 Å². The van der Waals surface area contributed by atoms with Gasteiger partial charge in [-0.25, -0.2) is 0 Å². The molecule has 1 N–H and O–H groups in total. The van der Waals surface area contributed by atoms with Crippen molar-refractivity contribution in [3.8, 4) is 0 Å². The molecule has 1 unspecified atom stereocenters. The zero-order valence-corrected chi connectivity index (χ0v) is 9.10. The Hall–Kier alpha value is 0.140. The zero-order valence-electron chi connectivity index (χ0n) is 7.52. The SMILES string of the molecule is C=C(Br)CN1CCCC(C)(O)C1. The number of hydrogen-bond acceptors (Lipinski definition) is 2. The van der Waals surface area contributed by atoms with Crippen LogP contribution >= 0.6 is 15.9 Å². The minimum absolute atomic E-state index is 0.499. The van der Waals surface area contributed by atoms with Gasteiger partial charge in [-0.3, -0.25) is 4.90 Å². The minimum Gasteiger partial charge on any atom is -0.389 e. The third-order valence-corrected chi connectivity index (χ3v) is 2.40. The van der Waals surface area contributed by atoms with Gasteiger partial charge in [0.15, 0.2) is 0 Å². The van der Waals surface area contributed by atoms with Gasteiger partial charge in [0.05, 0.1) is 5.60 Å². The van der Waals surface area contributed by atoms with Crippen LogP contribution in [0.4, 0.5) is 0 Å². The van der Waals surface area contributed by atoms with Crippen molar-refractivity contribution >= 4 is 15.9 Å². The lowest BCUT2D eigenvalue weighted by Gasteiger charge is -2.36. The van der Waals surface area contributed by atoms with Gasteiger partial charge >= 0.3 is 0 Å². The number of halogens is 1. The first-order chi connectivity index (χ1) is 5.49. The van der Waals surface area contributed by atoms with Gasteiger partial charge in [0.2, 0.25) is 0 Å². The summed E-state index contributed by atoms with van der Waals surface area (Å²) in [5.74, 6) is 0. The second-order valence-corrected chi connectivity index (χ2v) is 4.95. The zero-order chi connectivity index (χ0) is 9.19. The summed E-state index contributed by atoms with van der Waals surface area (Å²) in [7, 11) is 0. The van der Waals surface area contributed by atoms with E-state index in [0.717, 1.165) is 37.0 Å². The molecule has 1 saturated heterocycles. The Labute approximate surface area is 82.4 Å². The molecule has 1 aliphatic rings. The molecule has 0 aromatic carbocycles. The Morgan fingerprint density at radius 1 is 1.75 bits per heavy atom. The molecule has 1 aliphatic heterocycles. The highest BCUT2D eigenvalue weighted by molar-refractivity contribution is 9.11. The molecule has 3 heteroatoms. The van der Waals surface area contributed by atoms with E-state index in [1.165, 1.54) is 0 Å². The van der Waals surface area contributed by atoms with Gasteiger partial charge in [0, 0.05) is 17.6 Å². The van der Waals surface area contributed by atoms with Gasteiger partial charge in [0.25, 0.3) is 0 Å². The highest BCUT2D eigenvalue weighted by Crippen LogP contribution is 2.21. The Bertz CT molecular complexity index is 179. The highest BCUT2D eigenvalue weighted by atomic mass is 79.9. The van der Waals surface area contributed by atoms with E-state index in [-0.39, 0.29) is 0 Å². The van der Waals surface area contributed by atoms with E-state index in [1.807, 2.05) is 6.92 Å². The van der Waals surface area contributed by atoms with Crippen LogP contribution in [0.3, 0.4) is 0 Å². The lowest BCUT2D eigenvalue weighted by molar-refractivity contribution is -0.0118. The van der Waals surface area contributed by atoms with Crippen LogP contribution in [0.15, 0.2) is 11.1 Å². The number of piperidine rings is 1. The number of hydrogen-bond donors (Lipinski definition) is 1. The number of β-amino-alcohol motifs (C(OH)–C–C–N with tert-alkyl or cyclic N) is 1. The molecule has 2 nitrogen and oxygen atoms in total. The lowest BCUT2D eigenvalue weighted by atomic mass is 9.95. The second-order valence-electron chi connectivity index (χ2n) is 3.83. The summed E-state index contributed by atoms with van der Waals surface area (Å²) in [6, 6.07) is 0. The fraction of sp³-hybridized carbons (Fsp3) is 0.778. The number of likely N-dealkylation sites (tertiary alicyclic amines) is 1. The molecule has 0 aromatic rings. The van der Waals surface area contributed by atoms with Crippen LogP contribution < -0.4 is 0 Å². The van der Waals surface area contributed by atoms with Gasteiger partial charge in [-0.1, -0.05) is 22.5 Å². The van der Waals surface area contributed by atoms with Crippen molar-refractivity contribution in [1.82, 2.24) is 4.90 Å². The molecule has 0 spiro atoms. The van der Waals surface area contributed by atoms with E-state index in [0.29, 0.717) is 0 Å². The van der Waals surface area contributed by atoms with Crippen molar-refractivity contribution in [3.05, 3.63) is 11.1 Å². The number of nitrogens with zero attached hydrogens (tertiary/aromatic N) is 1. The van der Waals surface area contributed by atoms with Gasteiger partial charge in [-0.15, -0.1) is 0 Å². The van der Waals surface area contributed by atoms with E-state index in [9.17, 15) is 5.11 Å². The Morgan fingerprint density at radius 3 is 2.92 bits per heavy atom. The summed E-state index contributed by atoms with van der Waals surface area (Å²) in [6.07, 6.45) is 1.99. The maximum Gasteiger partial charge on any atom is 0.0746 e. The van der Waals surface area contributed by atoms with Crippen molar-refractivity contribution in [3.63, 3.8) is 0 Å². The largest absolute Gasteiger partial charge is 0.389 e. The summed E-state index contributed by atoms with van der Waals surface area (Å²) >= 11 is 3.33. The van der Waals surface area contributed by atoms with E-state index >= 15 is 0 Å². The maximum atomic E-state index is 9.77. The molecule has 0 saturated carbocycles. The molecule has 0 bridgehead atoms. The van der Waals surface area contributed by atoms with Crippen LogP contribution in [0.5, 0.6) is 0 Å². The fourth-order valence-corrected chi connectivity index (χ4v) is 2.06. The van der Waals surface area contributed by atoms with Crippen molar-refractivity contribution in [2.75, 3.05) is 19.6 Å². The average Bonchev–Trinajstić information content (AvgIpc) is 1.82. The van der Waals surface area contributed by atoms with Crippen LogP contribution in [-0.2, 0) is 0 Å². The monoisotopic (exact) mass is 233 g/mol. The smallest absolute Gasteiger partial charge is 0.0746 e. The van der Waals surface area contributed by atoms with Gasteiger partial charge in [0.1, 0.15) is 0 Å². The predicted octanol–water partition coefficient (Wildman–Crippen LogP) is 1.74. The summed E-state index contributed by atoms with van der Waals surface area (Å²) in [5.41, 5.74) is -0.499. The summed E-state index contributed by atoms with van der Waals surface area (Å²) in [4.78, 5) is 2.22. The summed E-state index contributed by atoms with van der Waals surface area (Å²) in [5, 5.41) is 9.77. The topological polar surface area (TPSA) is 23.5 Å². The molecule has 0 amide bonds. The standard InChI is InChI=1S/C9H16BrNO/c1-8(10)6-11-5-3-4-9(2,12)7-11/h12H,1,3-7H2,2H3. The van der Waals surface area contributed by atoms with Gasteiger partial charge in [-0.05, 0) is 26.3 Å². The quantitative estimate of drug-likeness (QED) is 0.786. The van der Waals surface area contributed by atoms with Crippen LogP contribution in [0.2, 0.25) is 0 Å². The molecule has 0 aromatic heterocycles. The fourth-order valence-electron chi connectivity index (χ4n) is 1.70.